The van der Waals surface area contributed by atoms with Crippen LogP contribution in [0.5, 0.6) is 23.1 Å². The Hall–Kier alpha value is -3.52. The fraction of sp³-hybridized carbons (Fsp3) is 0.333. The summed E-state index contributed by atoms with van der Waals surface area (Å²) in [6.45, 7) is 2.87. The van der Waals surface area contributed by atoms with Gasteiger partial charge in [0.15, 0.2) is 0 Å². The Morgan fingerprint density at radius 1 is 1.00 bits per heavy atom. The van der Waals surface area contributed by atoms with Crippen molar-refractivity contribution in [3.8, 4) is 28.8 Å². The molecular formula is C24H29N3O5. The van der Waals surface area contributed by atoms with Gasteiger partial charge in [0.2, 0.25) is 11.8 Å². The number of nitrogens with zero attached hydrogens (tertiary/aromatic N) is 2. The van der Waals surface area contributed by atoms with Gasteiger partial charge in [0.25, 0.3) is 0 Å². The number of hydrogen-bond donors (Lipinski definition) is 1. The van der Waals surface area contributed by atoms with E-state index in [9.17, 15) is 4.79 Å². The highest BCUT2D eigenvalue weighted by molar-refractivity contribution is 5.76. The van der Waals surface area contributed by atoms with Crippen LogP contribution in [0.1, 0.15) is 17.7 Å². The number of aromatic nitrogens is 2. The minimum Gasteiger partial charge on any atom is -0.497 e. The second-order valence-electron chi connectivity index (χ2n) is 7.10. The quantitative estimate of drug-likeness (QED) is 0.459. The Morgan fingerprint density at radius 3 is 2.41 bits per heavy atom. The molecule has 2 aromatic carbocycles. The number of carbonyl (C=O) groups is 1. The molecule has 1 N–H and O–H groups in total. The summed E-state index contributed by atoms with van der Waals surface area (Å²) in [4.78, 5) is 12.2. The van der Waals surface area contributed by atoms with Crippen LogP contribution in [0.4, 0.5) is 0 Å². The molecule has 1 heterocycles. The van der Waals surface area contributed by atoms with E-state index < -0.39 is 0 Å². The van der Waals surface area contributed by atoms with Gasteiger partial charge in [-0.05, 0) is 49.7 Å². The Kier molecular flexibility index (Phi) is 8.10. The van der Waals surface area contributed by atoms with Crippen LogP contribution in [0.25, 0.3) is 5.69 Å². The highest BCUT2D eigenvalue weighted by Gasteiger charge is 2.20. The maximum absolute atomic E-state index is 12.2. The smallest absolute Gasteiger partial charge is 0.226 e. The third-order valence-corrected chi connectivity index (χ3v) is 4.94. The molecule has 1 aromatic heterocycles. The first kappa shape index (κ1) is 23.1. The van der Waals surface area contributed by atoms with Crippen molar-refractivity contribution in [2.75, 3.05) is 34.5 Å². The van der Waals surface area contributed by atoms with Gasteiger partial charge in [-0.25, -0.2) is 4.68 Å². The number of aryl methyl sites for hydroxylation is 1. The molecule has 0 aliphatic carbocycles. The van der Waals surface area contributed by atoms with Gasteiger partial charge in [-0.2, -0.15) is 5.10 Å². The zero-order valence-corrected chi connectivity index (χ0v) is 18.9. The van der Waals surface area contributed by atoms with Crippen molar-refractivity contribution in [3.05, 3.63) is 59.8 Å². The van der Waals surface area contributed by atoms with E-state index in [0.29, 0.717) is 43.4 Å². The second-order valence-corrected chi connectivity index (χ2v) is 7.10. The molecule has 0 aliphatic rings. The third-order valence-electron chi connectivity index (χ3n) is 4.94. The Labute approximate surface area is 188 Å². The average molecular weight is 440 g/mol. The minimum absolute atomic E-state index is 0.0500. The summed E-state index contributed by atoms with van der Waals surface area (Å²) in [5, 5.41) is 7.54. The van der Waals surface area contributed by atoms with Gasteiger partial charge in [-0.3, -0.25) is 4.79 Å². The standard InChI is InChI=1S/C24H29N3O5/c1-17-22(12-13-23(28)25-14-15-29-2)24(32-21-7-5-6-20(16-21)31-4)27(26-17)18-8-10-19(30-3)11-9-18/h5-11,16H,12-15H2,1-4H3,(H,25,28). The number of nitrogens with one attached hydrogen (secondary N) is 1. The van der Waals surface area contributed by atoms with Crippen molar-refractivity contribution in [2.45, 2.75) is 19.8 Å². The van der Waals surface area contributed by atoms with Crippen molar-refractivity contribution in [2.24, 2.45) is 0 Å². The molecule has 0 bridgehead atoms. The molecule has 3 rings (SSSR count). The monoisotopic (exact) mass is 439 g/mol. The molecule has 170 valence electrons. The lowest BCUT2D eigenvalue weighted by Crippen LogP contribution is -2.27. The number of benzene rings is 2. The Morgan fingerprint density at radius 2 is 1.72 bits per heavy atom. The van der Waals surface area contributed by atoms with E-state index >= 15 is 0 Å². The van der Waals surface area contributed by atoms with Crippen molar-refractivity contribution >= 4 is 5.91 Å². The van der Waals surface area contributed by atoms with Crippen LogP contribution in [0, 0.1) is 6.92 Å². The molecule has 0 aliphatic heterocycles. The van der Waals surface area contributed by atoms with Crippen LogP contribution in [-0.2, 0) is 16.0 Å². The molecule has 0 fully saturated rings. The van der Waals surface area contributed by atoms with E-state index in [-0.39, 0.29) is 5.91 Å². The fourth-order valence-corrected chi connectivity index (χ4v) is 3.23. The summed E-state index contributed by atoms with van der Waals surface area (Å²) in [6.07, 6.45) is 0.799. The summed E-state index contributed by atoms with van der Waals surface area (Å²) in [5.41, 5.74) is 2.48. The first-order chi connectivity index (χ1) is 15.5. The molecule has 1 amide bonds. The molecular weight excluding hydrogens is 410 g/mol. The highest BCUT2D eigenvalue weighted by Crippen LogP contribution is 2.33. The number of hydrogen-bond acceptors (Lipinski definition) is 6. The summed E-state index contributed by atoms with van der Waals surface area (Å²) in [7, 11) is 4.84. The zero-order chi connectivity index (χ0) is 22.9. The normalized spacial score (nSPS) is 10.6. The van der Waals surface area contributed by atoms with Crippen molar-refractivity contribution in [1.29, 1.82) is 0 Å². The van der Waals surface area contributed by atoms with Gasteiger partial charge in [-0.1, -0.05) is 6.07 Å². The lowest BCUT2D eigenvalue weighted by atomic mass is 10.1. The SMILES string of the molecule is COCCNC(=O)CCc1c(C)nn(-c2ccc(OC)cc2)c1Oc1cccc(OC)c1. The highest BCUT2D eigenvalue weighted by atomic mass is 16.5. The summed E-state index contributed by atoms with van der Waals surface area (Å²) >= 11 is 0. The van der Waals surface area contributed by atoms with Gasteiger partial charge in [-0.15, -0.1) is 0 Å². The molecule has 0 spiro atoms. The van der Waals surface area contributed by atoms with Crippen LogP contribution in [0.2, 0.25) is 0 Å². The second kappa shape index (κ2) is 11.2. The molecule has 8 nitrogen and oxygen atoms in total. The Balaban J connectivity index is 1.92. The fourth-order valence-electron chi connectivity index (χ4n) is 3.23. The molecule has 8 heteroatoms. The van der Waals surface area contributed by atoms with E-state index in [4.69, 9.17) is 24.0 Å². The van der Waals surface area contributed by atoms with Gasteiger partial charge < -0.3 is 24.3 Å². The van der Waals surface area contributed by atoms with Crippen molar-refractivity contribution < 1.29 is 23.7 Å². The topological polar surface area (TPSA) is 83.8 Å². The molecule has 0 saturated heterocycles. The predicted molar refractivity (Wildman–Crippen MR) is 121 cm³/mol. The van der Waals surface area contributed by atoms with Crippen LogP contribution in [0.3, 0.4) is 0 Å². The number of rotatable bonds is 11. The van der Waals surface area contributed by atoms with E-state index in [1.54, 1.807) is 26.0 Å². The van der Waals surface area contributed by atoms with Crippen LogP contribution < -0.4 is 19.5 Å². The lowest BCUT2D eigenvalue weighted by Gasteiger charge is -2.13. The van der Waals surface area contributed by atoms with Crippen LogP contribution in [0.15, 0.2) is 48.5 Å². The first-order valence-electron chi connectivity index (χ1n) is 10.4. The van der Waals surface area contributed by atoms with Gasteiger partial charge >= 0.3 is 0 Å². The molecule has 0 radical (unpaired) electrons. The van der Waals surface area contributed by atoms with Gasteiger partial charge in [0, 0.05) is 31.7 Å². The average Bonchev–Trinajstić information content (AvgIpc) is 3.12. The van der Waals surface area contributed by atoms with E-state index in [2.05, 4.69) is 5.32 Å². The molecule has 0 unspecified atom stereocenters. The van der Waals surface area contributed by atoms with Crippen LogP contribution in [-0.4, -0.2) is 50.2 Å². The minimum atomic E-state index is -0.0500. The third kappa shape index (κ3) is 5.79. The van der Waals surface area contributed by atoms with Gasteiger partial charge in [0.05, 0.1) is 32.2 Å². The largest absolute Gasteiger partial charge is 0.497 e. The maximum Gasteiger partial charge on any atom is 0.226 e. The van der Waals surface area contributed by atoms with Crippen molar-refractivity contribution in [1.82, 2.24) is 15.1 Å². The first-order valence-corrected chi connectivity index (χ1v) is 10.4. The Bertz CT molecular complexity index is 1030. The van der Waals surface area contributed by atoms with E-state index in [1.165, 1.54) is 0 Å². The number of methoxy groups -OCH3 is 3. The summed E-state index contributed by atoms with van der Waals surface area (Å²) in [5.74, 6) is 2.57. The van der Waals surface area contributed by atoms with Crippen molar-refractivity contribution in [3.63, 3.8) is 0 Å². The molecule has 3 aromatic rings. The molecule has 32 heavy (non-hydrogen) atoms. The maximum atomic E-state index is 12.2. The zero-order valence-electron chi connectivity index (χ0n) is 18.9. The predicted octanol–water partition coefficient (Wildman–Crippen LogP) is 3.69. The summed E-state index contributed by atoms with van der Waals surface area (Å²) in [6, 6.07) is 14.9. The van der Waals surface area contributed by atoms with Crippen LogP contribution >= 0.6 is 0 Å². The number of carbonyl (C=O) groups excluding carboxylic acids is 1. The molecule has 0 atom stereocenters. The number of ether oxygens (including phenoxy) is 4. The summed E-state index contributed by atoms with van der Waals surface area (Å²) < 4.78 is 23.6. The lowest BCUT2D eigenvalue weighted by molar-refractivity contribution is -0.121. The molecule has 0 saturated carbocycles. The van der Waals surface area contributed by atoms with Gasteiger partial charge in [0.1, 0.15) is 17.2 Å². The van der Waals surface area contributed by atoms with E-state index in [0.717, 1.165) is 22.7 Å². The van der Waals surface area contributed by atoms with E-state index in [1.807, 2.05) is 55.5 Å². The number of amides is 1.